The second kappa shape index (κ2) is 11.3. The van der Waals surface area contributed by atoms with Gasteiger partial charge in [-0.2, -0.15) is 16.7 Å². The van der Waals surface area contributed by atoms with E-state index < -0.39 is 0 Å². The van der Waals surface area contributed by atoms with Crippen molar-refractivity contribution in [3.8, 4) is 0 Å². The predicted octanol–water partition coefficient (Wildman–Crippen LogP) is 1.78. The topological polar surface area (TPSA) is 74.5 Å². The lowest BCUT2D eigenvalue weighted by Gasteiger charge is -2.37. The zero-order chi connectivity index (χ0) is 16.9. The molecule has 2 fully saturated rings. The number of amides is 1. The standard InChI is InChI=1S/C16H27N5O2S.2ClH/c1-3-14-18-16(23-19-14)12(2)20-5-7-21(8-6-20)15(22)10-13-11-24-9-4-17-13;;/h12-13,17H,3-11H2,1-2H3;2*1H. The third-order valence-electron chi connectivity index (χ3n) is 4.79. The van der Waals surface area contributed by atoms with Gasteiger partial charge in [-0.15, -0.1) is 24.8 Å². The molecule has 0 bridgehead atoms. The first-order chi connectivity index (χ1) is 11.7. The van der Waals surface area contributed by atoms with Crippen molar-refractivity contribution in [2.24, 2.45) is 0 Å². The maximum absolute atomic E-state index is 12.5. The Morgan fingerprint density at radius 3 is 2.65 bits per heavy atom. The van der Waals surface area contributed by atoms with Gasteiger partial charge in [0.05, 0.1) is 6.04 Å². The van der Waals surface area contributed by atoms with Crippen LogP contribution in [0.2, 0.25) is 0 Å². The number of aromatic nitrogens is 2. The molecule has 3 heterocycles. The van der Waals surface area contributed by atoms with E-state index >= 15 is 0 Å². The Morgan fingerprint density at radius 1 is 1.35 bits per heavy atom. The lowest BCUT2D eigenvalue weighted by molar-refractivity contribution is -0.133. The van der Waals surface area contributed by atoms with Crippen LogP contribution in [0.15, 0.2) is 4.52 Å². The van der Waals surface area contributed by atoms with Gasteiger partial charge in [0.25, 0.3) is 0 Å². The summed E-state index contributed by atoms with van der Waals surface area (Å²) in [5.74, 6) is 3.89. The third-order valence-corrected chi connectivity index (χ3v) is 5.92. The molecule has 26 heavy (non-hydrogen) atoms. The quantitative estimate of drug-likeness (QED) is 0.769. The summed E-state index contributed by atoms with van der Waals surface area (Å²) in [7, 11) is 0. The molecule has 2 atom stereocenters. The zero-order valence-corrected chi connectivity index (χ0v) is 17.8. The fraction of sp³-hybridized carbons (Fsp3) is 0.812. The van der Waals surface area contributed by atoms with E-state index in [1.54, 1.807) is 0 Å². The van der Waals surface area contributed by atoms with Crippen molar-refractivity contribution in [3.05, 3.63) is 11.7 Å². The normalized spacial score (nSPS) is 22.2. The summed E-state index contributed by atoms with van der Waals surface area (Å²) in [6.45, 7) is 8.37. The first-order valence-corrected chi connectivity index (χ1v) is 9.98. The molecule has 3 rings (SSSR count). The van der Waals surface area contributed by atoms with Crippen LogP contribution in [0.1, 0.15) is 38.0 Å². The number of hydrogen-bond donors (Lipinski definition) is 1. The molecule has 2 unspecified atom stereocenters. The number of nitrogens with zero attached hydrogens (tertiary/aromatic N) is 4. The van der Waals surface area contributed by atoms with Crippen LogP contribution in [-0.2, 0) is 11.2 Å². The van der Waals surface area contributed by atoms with Gasteiger partial charge < -0.3 is 14.7 Å². The summed E-state index contributed by atoms with van der Waals surface area (Å²) in [6, 6.07) is 0.436. The van der Waals surface area contributed by atoms with Crippen LogP contribution < -0.4 is 5.32 Å². The molecule has 0 aliphatic carbocycles. The van der Waals surface area contributed by atoms with Crippen LogP contribution >= 0.6 is 36.6 Å². The largest absolute Gasteiger partial charge is 0.340 e. The van der Waals surface area contributed by atoms with Crippen LogP contribution in [0.4, 0.5) is 0 Å². The molecule has 0 saturated carbocycles. The maximum atomic E-state index is 12.5. The van der Waals surface area contributed by atoms with Crippen LogP contribution in [-0.4, -0.2) is 76.1 Å². The first kappa shape index (κ1) is 23.5. The average Bonchev–Trinajstić information content (AvgIpc) is 3.11. The molecular weight excluding hydrogens is 397 g/mol. The lowest BCUT2D eigenvalue weighted by Crippen LogP contribution is -2.51. The molecule has 7 nitrogen and oxygen atoms in total. The molecule has 2 aliphatic heterocycles. The van der Waals surface area contributed by atoms with Crippen molar-refractivity contribution in [1.82, 2.24) is 25.3 Å². The van der Waals surface area contributed by atoms with Crippen LogP contribution in [0.3, 0.4) is 0 Å². The molecule has 2 saturated heterocycles. The number of nitrogens with one attached hydrogen (secondary N) is 1. The highest BCUT2D eigenvalue weighted by atomic mass is 35.5. The Kier molecular flexibility index (Phi) is 10.2. The number of carbonyl (C=O) groups excluding carboxylic acids is 1. The van der Waals surface area contributed by atoms with E-state index in [-0.39, 0.29) is 36.8 Å². The van der Waals surface area contributed by atoms with E-state index in [9.17, 15) is 4.79 Å². The SMILES string of the molecule is CCc1noc(C(C)N2CCN(C(=O)CC3CSCCN3)CC2)n1.Cl.Cl. The second-order valence-electron chi connectivity index (χ2n) is 6.43. The highest BCUT2D eigenvalue weighted by Crippen LogP contribution is 2.21. The molecular formula is C16H29Cl2N5O2S. The predicted molar refractivity (Wildman–Crippen MR) is 108 cm³/mol. The maximum Gasteiger partial charge on any atom is 0.243 e. The van der Waals surface area contributed by atoms with E-state index in [0.717, 1.165) is 56.5 Å². The number of hydrogen-bond acceptors (Lipinski definition) is 7. The van der Waals surface area contributed by atoms with Gasteiger partial charge in [-0.05, 0) is 6.92 Å². The van der Waals surface area contributed by atoms with Crippen molar-refractivity contribution < 1.29 is 9.32 Å². The van der Waals surface area contributed by atoms with Gasteiger partial charge in [-0.25, -0.2) is 0 Å². The molecule has 10 heteroatoms. The van der Waals surface area contributed by atoms with Crippen molar-refractivity contribution in [2.45, 2.75) is 38.8 Å². The molecule has 1 aromatic heterocycles. The van der Waals surface area contributed by atoms with Gasteiger partial charge in [0.1, 0.15) is 0 Å². The van der Waals surface area contributed by atoms with Gasteiger partial charge in [-0.1, -0.05) is 12.1 Å². The highest BCUT2D eigenvalue weighted by Gasteiger charge is 2.28. The Hall–Kier alpha value is -0.540. The van der Waals surface area contributed by atoms with Gasteiger partial charge in [-0.3, -0.25) is 9.69 Å². The monoisotopic (exact) mass is 425 g/mol. The molecule has 0 spiro atoms. The zero-order valence-electron chi connectivity index (χ0n) is 15.3. The fourth-order valence-corrected chi connectivity index (χ4v) is 4.14. The first-order valence-electron chi connectivity index (χ1n) is 8.82. The van der Waals surface area contributed by atoms with Crippen LogP contribution in [0, 0.1) is 0 Å². The molecule has 2 aliphatic rings. The number of piperazine rings is 1. The summed E-state index contributed by atoms with van der Waals surface area (Å²) in [5.41, 5.74) is 0. The smallest absolute Gasteiger partial charge is 0.243 e. The minimum absolute atomic E-state index is 0. The number of halogens is 2. The van der Waals surface area contributed by atoms with E-state index in [1.165, 1.54) is 0 Å². The third kappa shape index (κ3) is 5.99. The second-order valence-corrected chi connectivity index (χ2v) is 7.58. The Bertz CT molecular complexity index is 548. The van der Waals surface area contributed by atoms with E-state index in [2.05, 4.69) is 27.3 Å². The Balaban J connectivity index is 0.00000169. The highest BCUT2D eigenvalue weighted by molar-refractivity contribution is 7.99. The summed E-state index contributed by atoms with van der Waals surface area (Å²) in [5, 5.41) is 7.41. The fourth-order valence-electron chi connectivity index (χ4n) is 3.19. The van der Waals surface area contributed by atoms with Gasteiger partial charge in [0.2, 0.25) is 11.8 Å². The molecule has 0 radical (unpaired) electrons. The summed E-state index contributed by atoms with van der Waals surface area (Å²) >= 11 is 1.93. The van der Waals surface area contributed by atoms with E-state index in [4.69, 9.17) is 4.52 Å². The summed E-state index contributed by atoms with van der Waals surface area (Å²) in [4.78, 5) is 21.2. The number of rotatable bonds is 5. The van der Waals surface area contributed by atoms with Gasteiger partial charge in [0.15, 0.2) is 5.82 Å². The van der Waals surface area contributed by atoms with Crippen LogP contribution in [0.5, 0.6) is 0 Å². The number of thioether (sulfide) groups is 1. The molecule has 1 N–H and O–H groups in total. The van der Waals surface area contributed by atoms with Crippen molar-refractivity contribution in [2.75, 3.05) is 44.2 Å². The average molecular weight is 426 g/mol. The van der Waals surface area contributed by atoms with Crippen molar-refractivity contribution >= 4 is 42.5 Å². The number of carbonyl (C=O) groups is 1. The van der Waals surface area contributed by atoms with Crippen LogP contribution in [0.25, 0.3) is 0 Å². The number of aryl methyl sites for hydroxylation is 1. The summed E-state index contributed by atoms with van der Waals surface area (Å²) < 4.78 is 5.35. The van der Waals surface area contributed by atoms with E-state index in [0.29, 0.717) is 18.4 Å². The Labute approximate surface area is 171 Å². The van der Waals surface area contributed by atoms with Gasteiger partial charge in [0, 0.05) is 63.1 Å². The lowest BCUT2D eigenvalue weighted by atomic mass is 10.1. The molecule has 1 aromatic rings. The van der Waals surface area contributed by atoms with Crippen molar-refractivity contribution in [1.29, 1.82) is 0 Å². The molecule has 150 valence electrons. The Morgan fingerprint density at radius 2 is 2.08 bits per heavy atom. The minimum Gasteiger partial charge on any atom is -0.340 e. The summed E-state index contributed by atoms with van der Waals surface area (Å²) in [6.07, 6.45) is 1.40. The molecule has 1 amide bonds. The minimum atomic E-state index is 0. The van der Waals surface area contributed by atoms with Crippen molar-refractivity contribution in [3.63, 3.8) is 0 Å². The van der Waals surface area contributed by atoms with E-state index in [1.807, 2.05) is 23.6 Å². The molecule has 0 aromatic carbocycles. The van der Waals surface area contributed by atoms with Gasteiger partial charge >= 0.3 is 0 Å².